The number of ether oxygens (including phenoxy) is 3. The number of nitrogens with zero attached hydrogens (tertiary/aromatic N) is 6. The summed E-state index contributed by atoms with van der Waals surface area (Å²) in [5.41, 5.74) is 2.66. The predicted octanol–water partition coefficient (Wildman–Crippen LogP) is 3.87. The topological polar surface area (TPSA) is 101 Å². The van der Waals surface area contributed by atoms with Gasteiger partial charge >= 0.3 is 12.1 Å². The van der Waals surface area contributed by atoms with Crippen LogP contribution in [-0.2, 0) is 17.8 Å². The maximum atomic E-state index is 13.7. The number of amides is 2. The Morgan fingerprint density at radius 2 is 1.86 bits per heavy atom. The Bertz CT molecular complexity index is 1330. The van der Waals surface area contributed by atoms with E-state index in [2.05, 4.69) is 23.8 Å². The molecule has 11 nitrogen and oxygen atoms in total. The number of aryl methyl sites for hydroxylation is 1. The van der Waals surface area contributed by atoms with Gasteiger partial charge in [0, 0.05) is 42.8 Å². The molecule has 1 aromatic carbocycles. The number of benzene rings is 1. The zero-order chi connectivity index (χ0) is 30.2. The summed E-state index contributed by atoms with van der Waals surface area (Å²) >= 11 is 0. The summed E-state index contributed by atoms with van der Waals surface area (Å²) in [6.07, 6.45) is 1.93. The van der Waals surface area contributed by atoms with Crippen LogP contribution in [0.1, 0.15) is 67.7 Å². The standard InChI is InChI=1S/C31H44N6O5/c1-20-10-11-23(40-7)15-24(20)28(38)36-17-25-26(18-36)32-29(41-19-22-9-8-12-34(22)6)33-27(25)37-14-13-35(16-21(37)2)30(39)42-31(3,4)5/h10-11,15,21-22H,8-9,12-14,16-19H2,1-7H3/t21-,22-/m0/s1. The second kappa shape index (κ2) is 11.9. The van der Waals surface area contributed by atoms with E-state index < -0.39 is 5.60 Å². The number of piperazine rings is 1. The number of hydrogen-bond donors (Lipinski definition) is 0. The van der Waals surface area contributed by atoms with Gasteiger partial charge in [0.25, 0.3) is 5.91 Å². The monoisotopic (exact) mass is 580 g/mol. The van der Waals surface area contributed by atoms with Crippen molar-refractivity contribution in [2.45, 2.75) is 78.2 Å². The lowest BCUT2D eigenvalue weighted by Crippen LogP contribution is -2.55. The molecule has 42 heavy (non-hydrogen) atoms. The van der Waals surface area contributed by atoms with E-state index in [1.54, 1.807) is 23.0 Å². The molecule has 0 bridgehead atoms. The highest BCUT2D eigenvalue weighted by molar-refractivity contribution is 5.96. The minimum absolute atomic E-state index is 0.0236. The van der Waals surface area contributed by atoms with Crippen LogP contribution in [0.5, 0.6) is 11.8 Å². The lowest BCUT2D eigenvalue weighted by Gasteiger charge is -2.41. The van der Waals surface area contributed by atoms with Crippen LogP contribution in [0.3, 0.4) is 0 Å². The summed E-state index contributed by atoms with van der Waals surface area (Å²) in [4.78, 5) is 44.3. The number of hydrogen-bond acceptors (Lipinski definition) is 9. The molecule has 0 aliphatic carbocycles. The number of methoxy groups -OCH3 is 1. The molecule has 2 atom stereocenters. The number of carbonyl (C=O) groups is 2. The van der Waals surface area contributed by atoms with E-state index in [4.69, 9.17) is 24.2 Å². The van der Waals surface area contributed by atoms with Gasteiger partial charge in [-0.1, -0.05) is 6.07 Å². The molecule has 0 radical (unpaired) electrons. The lowest BCUT2D eigenvalue weighted by atomic mass is 10.1. The van der Waals surface area contributed by atoms with Crippen LogP contribution in [0, 0.1) is 6.92 Å². The van der Waals surface area contributed by atoms with Gasteiger partial charge in [0.15, 0.2) is 0 Å². The average Bonchev–Trinajstić information content (AvgIpc) is 3.56. The highest BCUT2D eigenvalue weighted by Crippen LogP contribution is 2.34. The van der Waals surface area contributed by atoms with Crippen molar-refractivity contribution in [3.05, 3.63) is 40.6 Å². The highest BCUT2D eigenvalue weighted by Gasteiger charge is 2.36. The van der Waals surface area contributed by atoms with Gasteiger partial charge in [0.2, 0.25) is 0 Å². The van der Waals surface area contributed by atoms with Gasteiger partial charge in [-0.15, -0.1) is 0 Å². The van der Waals surface area contributed by atoms with Crippen LogP contribution in [0.15, 0.2) is 18.2 Å². The van der Waals surface area contributed by atoms with E-state index in [1.165, 1.54) is 0 Å². The highest BCUT2D eigenvalue weighted by atomic mass is 16.6. The molecule has 0 spiro atoms. The van der Waals surface area contributed by atoms with Gasteiger partial charge in [-0.25, -0.2) is 4.79 Å². The van der Waals surface area contributed by atoms with Crippen LogP contribution in [0.4, 0.5) is 10.6 Å². The van der Waals surface area contributed by atoms with Gasteiger partial charge in [0.1, 0.15) is 23.8 Å². The van der Waals surface area contributed by atoms with E-state index >= 15 is 0 Å². The molecule has 0 N–H and O–H groups in total. The third-order valence-corrected chi connectivity index (χ3v) is 8.33. The molecule has 2 aromatic rings. The third kappa shape index (κ3) is 6.40. The first kappa shape index (κ1) is 29.9. The van der Waals surface area contributed by atoms with Crippen LogP contribution < -0.4 is 14.4 Å². The first-order valence-electron chi connectivity index (χ1n) is 14.8. The van der Waals surface area contributed by atoms with E-state index in [-0.39, 0.29) is 18.0 Å². The summed E-state index contributed by atoms with van der Waals surface area (Å²) in [5.74, 6) is 1.34. The molecule has 11 heteroatoms. The summed E-state index contributed by atoms with van der Waals surface area (Å²) in [6.45, 7) is 13.6. The zero-order valence-electron chi connectivity index (χ0n) is 26.0. The number of rotatable bonds is 6. The molecule has 2 fully saturated rings. The second-order valence-electron chi connectivity index (χ2n) is 12.7. The lowest BCUT2D eigenvalue weighted by molar-refractivity contribution is 0.0218. The van der Waals surface area contributed by atoms with Crippen LogP contribution >= 0.6 is 0 Å². The maximum Gasteiger partial charge on any atom is 0.410 e. The second-order valence-corrected chi connectivity index (χ2v) is 12.7. The fraction of sp³-hybridized carbons (Fsp3) is 0.613. The van der Waals surface area contributed by atoms with Crippen molar-refractivity contribution < 1.29 is 23.8 Å². The van der Waals surface area contributed by atoms with Crippen molar-refractivity contribution in [3.63, 3.8) is 0 Å². The molecule has 0 saturated carbocycles. The fourth-order valence-corrected chi connectivity index (χ4v) is 5.92. The van der Waals surface area contributed by atoms with Crippen molar-refractivity contribution >= 4 is 17.8 Å². The predicted molar refractivity (Wildman–Crippen MR) is 159 cm³/mol. The van der Waals surface area contributed by atoms with Crippen LogP contribution in [0.25, 0.3) is 0 Å². The van der Waals surface area contributed by atoms with E-state index in [0.29, 0.717) is 62.7 Å². The third-order valence-electron chi connectivity index (χ3n) is 8.33. The smallest absolute Gasteiger partial charge is 0.410 e. The Morgan fingerprint density at radius 1 is 1.07 bits per heavy atom. The molecule has 2 saturated heterocycles. The summed E-state index contributed by atoms with van der Waals surface area (Å²) in [5, 5.41) is 0. The Labute approximate surface area is 248 Å². The number of likely N-dealkylation sites (N-methyl/N-ethyl adjacent to an activating group) is 1. The van der Waals surface area contributed by atoms with Gasteiger partial charge < -0.3 is 33.8 Å². The van der Waals surface area contributed by atoms with Gasteiger partial charge in [-0.2, -0.15) is 9.97 Å². The Morgan fingerprint density at radius 3 is 2.52 bits per heavy atom. The Kier molecular flexibility index (Phi) is 8.50. The molecule has 3 aliphatic rings. The number of carbonyl (C=O) groups excluding carboxylic acids is 2. The minimum atomic E-state index is -0.554. The molecule has 0 unspecified atom stereocenters. The van der Waals surface area contributed by atoms with Crippen molar-refractivity contribution in [3.8, 4) is 11.8 Å². The Balaban J connectivity index is 1.40. The quantitative estimate of drug-likeness (QED) is 0.504. The summed E-state index contributed by atoms with van der Waals surface area (Å²) < 4.78 is 17.2. The van der Waals surface area contributed by atoms with E-state index in [0.717, 1.165) is 42.0 Å². The largest absolute Gasteiger partial charge is 0.497 e. The molecular formula is C31H44N6O5. The fourth-order valence-electron chi connectivity index (χ4n) is 5.92. The molecule has 5 rings (SSSR count). The zero-order valence-corrected chi connectivity index (χ0v) is 26.0. The van der Waals surface area contributed by atoms with Crippen LogP contribution in [0.2, 0.25) is 0 Å². The summed E-state index contributed by atoms with van der Waals surface area (Å²) in [7, 11) is 3.72. The van der Waals surface area contributed by atoms with Crippen LogP contribution in [-0.4, -0.2) is 101 Å². The molecule has 2 amide bonds. The number of fused-ring (bicyclic) bond motifs is 1. The van der Waals surface area contributed by atoms with E-state index in [1.807, 2.05) is 39.8 Å². The average molecular weight is 581 g/mol. The van der Waals surface area contributed by atoms with Gasteiger partial charge in [-0.3, -0.25) is 4.79 Å². The Hall–Kier alpha value is -3.60. The molecule has 228 valence electrons. The minimum Gasteiger partial charge on any atom is -0.497 e. The summed E-state index contributed by atoms with van der Waals surface area (Å²) in [6, 6.07) is 6.19. The van der Waals surface area contributed by atoms with Crippen molar-refractivity contribution in [2.75, 3.05) is 51.8 Å². The van der Waals surface area contributed by atoms with Gasteiger partial charge in [-0.05, 0) is 78.7 Å². The van der Waals surface area contributed by atoms with Crippen molar-refractivity contribution in [1.82, 2.24) is 24.7 Å². The number of aromatic nitrogens is 2. The SMILES string of the molecule is COc1ccc(C)c(C(=O)N2Cc3nc(OC[C@@H]4CCCN4C)nc(N4CCN(C(=O)OC(C)(C)C)C[C@@H]4C)c3C2)c1. The molecule has 3 aliphatic heterocycles. The molecular weight excluding hydrogens is 536 g/mol. The normalized spacial score (nSPS) is 21.0. The molecule has 1 aromatic heterocycles. The first-order chi connectivity index (χ1) is 19.9. The molecule has 4 heterocycles. The van der Waals surface area contributed by atoms with Gasteiger partial charge in [0.05, 0.1) is 25.9 Å². The van der Waals surface area contributed by atoms with E-state index in [9.17, 15) is 9.59 Å². The van der Waals surface area contributed by atoms with Crippen molar-refractivity contribution in [2.24, 2.45) is 0 Å². The maximum absolute atomic E-state index is 13.7. The van der Waals surface area contributed by atoms with Crippen molar-refractivity contribution in [1.29, 1.82) is 0 Å². The first-order valence-corrected chi connectivity index (χ1v) is 14.8. The number of anilines is 1. The number of likely N-dealkylation sites (tertiary alicyclic amines) is 1.